The minimum absolute atomic E-state index is 0.0336. The quantitative estimate of drug-likeness (QED) is 0.641. The molecule has 0 bridgehead atoms. The van der Waals surface area contributed by atoms with Crippen LogP contribution in [0.1, 0.15) is 5.56 Å². The van der Waals surface area contributed by atoms with E-state index in [1.54, 1.807) is 30.3 Å². The normalized spacial score (nSPS) is 10.7. The van der Waals surface area contributed by atoms with Gasteiger partial charge < -0.3 is 15.0 Å². The minimum atomic E-state index is -2.89. The van der Waals surface area contributed by atoms with Crippen molar-refractivity contribution in [3.63, 3.8) is 0 Å². The van der Waals surface area contributed by atoms with Gasteiger partial charge in [-0.1, -0.05) is 11.8 Å². The number of anilines is 1. The van der Waals surface area contributed by atoms with Crippen molar-refractivity contribution < 1.29 is 18.3 Å². The first-order valence-corrected chi connectivity index (χ1v) is 8.39. The molecule has 0 aliphatic rings. The number of imidazole rings is 1. The minimum Gasteiger partial charge on any atom is -0.435 e. The number of fused-ring (bicyclic) bond motifs is 1. The highest BCUT2D eigenvalue weighted by Gasteiger charge is 2.10. The number of aromatic nitrogens is 2. The molecule has 132 valence electrons. The maximum Gasteiger partial charge on any atom is 0.387 e. The molecule has 1 amide bonds. The van der Waals surface area contributed by atoms with E-state index in [0.717, 1.165) is 0 Å². The van der Waals surface area contributed by atoms with Crippen LogP contribution in [0.25, 0.3) is 11.0 Å². The number of alkyl halides is 2. The smallest absolute Gasteiger partial charge is 0.387 e. The average Bonchev–Trinajstić information content (AvgIpc) is 3.02. The number of amides is 1. The van der Waals surface area contributed by atoms with Crippen molar-refractivity contribution in [1.82, 2.24) is 9.97 Å². The van der Waals surface area contributed by atoms with E-state index in [9.17, 15) is 13.6 Å². The second-order valence-electron chi connectivity index (χ2n) is 5.13. The van der Waals surface area contributed by atoms with Gasteiger partial charge in [-0.05, 0) is 36.4 Å². The summed E-state index contributed by atoms with van der Waals surface area (Å²) in [5, 5.41) is 11.9. The number of carbonyl (C=O) groups excluding carboxylic acids is 1. The molecule has 0 aliphatic heterocycles. The number of nitrogens with one attached hydrogen (secondary N) is 2. The van der Waals surface area contributed by atoms with E-state index in [-0.39, 0.29) is 17.4 Å². The zero-order valence-electron chi connectivity index (χ0n) is 13.2. The van der Waals surface area contributed by atoms with Crippen LogP contribution >= 0.6 is 11.8 Å². The Balaban J connectivity index is 1.59. The fourth-order valence-electron chi connectivity index (χ4n) is 2.17. The third-order valence-corrected chi connectivity index (χ3v) is 4.17. The summed E-state index contributed by atoms with van der Waals surface area (Å²) in [6.45, 7) is -2.89. The van der Waals surface area contributed by atoms with Gasteiger partial charge in [-0.3, -0.25) is 4.79 Å². The first-order chi connectivity index (χ1) is 12.5. The SMILES string of the molecule is N#Cc1ccc(NC(=O)CSc2nc3ccc(OC(F)F)cc3[nH]2)cc1. The molecule has 0 radical (unpaired) electrons. The molecule has 9 heteroatoms. The number of carbonyl (C=O) groups is 1. The van der Waals surface area contributed by atoms with Gasteiger partial charge in [-0.15, -0.1) is 0 Å². The number of H-pyrrole nitrogens is 1. The summed E-state index contributed by atoms with van der Waals surface area (Å²) >= 11 is 1.18. The van der Waals surface area contributed by atoms with Crippen LogP contribution in [0.2, 0.25) is 0 Å². The van der Waals surface area contributed by atoms with Crippen molar-refractivity contribution in [3.8, 4) is 11.8 Å². The fourth-order valence-corrected chi connectivity index (χ4v) is 2.85. The number of ether oxygens (including phenoxy) is 1. The molecule has 6 nitrogen and oxygen atoms in total. The van der Waals surface area contributed by atoms with Crippen LogP contribution in [0.4, 0.5) is 14.5 Å². The molecular formula is C17H12F2N4O2S. The second kappa shape index (κ2) is 7.84. The molecular weight excluding hydrogens is 362 g/mol. The lowest BCUT2D eigenvalue weighted by atomic mass is 10.2. The van der Waals surface area contributed by atoms with Crippen LogP contribution in [-0.4, -0.2) is 28.2 Å². The van der Waals surface area contributed by atoms with E-state index in [1.807, 2.05) is 6.07 Å². The predicted octanol–water partition coefficient (Wildman–Crippen LogP) is 3.77. The fraction of sp³-hybridized carbons (Fsp3) is 0.118. The zero-order chi connectivity index (χ0) is 18.5. The molecule has 0 unspecified atom stereocenters. The predicted molar refractivity (Wildman–Crippen MR) is 93.2 cm³/mol. The number of rotatable bonds is 6. The van der Waals surface area contributed by atoms with Crippen molar-refractivity contribution in [2.45, 2.75) is 11.8 Å². The summed E-state index contributed by atoms with van der Waals surface area (Å²) in [5.74, 6) is -0.0895. The molecule has 26 heavy (non-hydrogen) atoms. The number of nitriles is 1. The molecule has 0 saturated carbocycles. The lowest BCUT2D eigenvalue weighted by Gasteiger charge is -2.04. The average molecular weight is 374 g/mol. The Morgan fingerprint density at radius 2 is 2.08 bits per heavy atom. The van der Waals surface area contributed by atoms with Gasteiger partial charge in [0.25, 0.3) is 0 Å². The van der Waals surface area contributed by atoms with Crippen molar-refractivity contribution in [1.29, 1.82) is 5.26 Å². The molecule has 0 saturated heterocycles. The number of aromatic amines is 1. The van der Waals surface area contributed by atoms with Crippen LogP contribution in [-0.2, 0) is 4.79 Å². The molecule has 1 aromatic heterocycles. The van der Waals surface area contributed by atoms with E-state index >= 15 is 0 Å². The Labute approximate surface area is 151 Å². The number of hydrogen-bond donors (Lipinski definition) is 2. The maximum atomic E-state index is 12.2. The first kappa shape index (κ1) is 17.7. The van der Waals surface area contributed by atoms with Gasteiger partial charge in [-0.2, -0.15) is 14.0 Å². The largest absolute Gasteiger partial charge is 0.435 e. The van der Waals surface area contributed by atoms with E-state index in [4.69, 9.17) is 5.26 Å². The first-order valence-electron chi connectivity index (χ1n) is 7.41. The van der Waals surface area contributed by atoms with Gasteiger partial charge in [0.05, 0.1) is 28.4 Å². The standard InChI is InChI=1S/C17H12F2N4O2S/c18-16(19)25-12-5-6-13-14(7-12)23-17(22-13)26-9-15(24)21-11-3-1-10(8-20)2-4-11/h1-7,16H,9H2,(H,21,24)(H,22,23). The molecule has 0 atom stereocenters. The highest BCUT2D eigenvalue weighted by atomic mass is 32.2. The Morgan fingerprint density at radius 3 is 2.77 bits per heavy atom. The summed E-state index contributed by atoms with van der Waals surface area (Å²) in [5.41, 5.74) is 2.22. The molecule has 0 fully saturated rings. The lowest BCUT2D eigenvalue weighted by Crippen LogP contribution is -2.14. The highest BCUT2D eigenvalue weighted by Crippen LogP contribution is 2.24. The zero-order valence-corrected chi connectivity index (χ0v) is 14.0. The van der Waals surface area contributed by atoms with Crippen LogP contribution in [0, 0.1) is 11.3 Å². The van der Waals surface area contributed by atoms with Gasteiger partial charge in [0.1, 0.15) is 5.75 Å². The highest BCUT2D eigenvalue weighted by molar-refractivity contribution is 7.99. The molecule has 1 heterocycles. The van der Waals surface area contributed by atoms with E-state index in [0.29, 0.717) is 27.4 Å². The number of thioether (sulfide) groups is 1. The number of halogens is 2. The summed E-state index contributed by atoms with van der Waals surface area (Å²) in [6.07, 6.45) is 0. The number of hydrogen-bond acceptors (Lipinski definition) is 5. The molecule has 0 spiro atoms. The van der Waals surface area contributed by atoms with Crippen LogP contribution in [0.15, 0.2) is 47.6 Å². The molecule has 0 aliphatic carbocycles. The Hall–Kier alpha value is -3.12. The van der Waals surface area contributed by atoms with Crippen molar-refractivity contribution in [3.05, 3.63) is 48.0 Å². The molecule has 2 N–H and O–H groups in total. The van der Waals surface area contributed by atoms with Crippen LogP contribution in [0.5, 0.6) is 5.75 Å². The maximum absolute atomic E-state index is 12.2. The Morgan fingerprint density at radius 1 is 1.31 bits per heavy atom. The van der Waals surface area contributed by atoms with Crippen molar-refractivity contribution in [2.24, 2.45) is 0 Å². The van der Waals surface area contributed by atoms with Gasteiger partial charge in [-0.25, -0.2) is 4.98 Å². The van der Waals surface area contributed by atoms with Gasteiger partial charge >= 0.3 is 6.61 Å². The lowest BCUT2D eigenvalue weighted by molar-refractivity contribution is -0.113. The number of benzene rings is 2. The Bertz CT molecular complexity index is 967. The van der Waals surface area contributed by atoms with E-state index in [2.05, 4.69) is 20.0 Å². The summed E-state index contributed by atoms with van der Waals surface area (Å²) in [7, 11) is 0. The van der Waals surface area contributed by atoms with E-state index in [1.165, 1.54) is 23.9 Å². The summed E-state index contributed by atoms with van der Waals surface area (Å²) in [6, 6.07) is 12.9. The van der Waals surface area contributed by atoms with Crippen LogP contribution in [0.3, 0.4) is 0 Å². The van der Waals surface area contributed by atoms with Crippen molar-refractivity contribution >= 4 is 34.4 Å². The molecule has 3 rings (SSSR count). The van der Waals surface area contributed by atoms with Crippen molar-refractivity contribution in [2.75, 3.05) is 11.1 Å². The monoisotopic (exact) mass is 374 g/mol. The third kappa shape index (κ3) is 4.49. The third-order valence-electron chi connectivity index (χ3n) is 3.29. The molecule has 2 aromatic carbocycles. The number of nitrogens with zero attached hydrogens (tertiary/aromatic N) is 2. The van der Waals surface area contributed by atoms with Gasteiger partial charge in [0.15, 0.2) is 5.16 Å². The topological polar surface area (TPSA) is 90.8 Å². The van der Waals surface area contributed by atoms with Gasteiger partial charge in [0.2, 0.25) is 5.91 Å². The van der Waals surface area contributed by atoms with Gasteiger partial charge in [0, 0.05) is 11.8 Å². The Kier molecular flexibility index (Phi) is 5.34. The second-order valence-corrected chi connectivity index (χ2v) is 6.09. The summed E-state index contributed by atoms with van der Waals surface area (Å²) in [4.78, 5) is 19.2. The summed E-state index contributed by atoms with van der Waals surface area (Å²) < 4.78 is 28.8. The van der Waals surface area contributed by atoms with Crippen LogP contribution < -0.4 is 10.1 Å². The van der Waals surface area contributed by atoms with E-state index < -0.39 is 6.61 Å². The molecule has 3 aromatic rings.